The Morgan fingerprint density at radius 2 is 1.69 bits per heavy atom. The van der Waals surface area contributed by atoms with Crippen LogP contribution in [0.4, 0.5) is 14.5 Å². The summed E-state index contributed by atoms with van der Waals surface area (Å²) < 4.78 is 47.7. The minimum atomic E-state index is -4.65. The first-order valence-electron chi connectivity index (χ1n) is 7.99. The number of carbonyl (C=O) groups excluding carboxylic acids is 1. The molecule has 0 bridgehead atoms. The predicted molar refractivity (Wildman–Crippen MR) is 96.3 cm³/mol. The highest BCUT2D eigenvalue weighted by molar-refractivity contribution is 7.91. The molecule has 0 aliphatic rings. The fourth-order valence-electron chi connectivity index (χ4n) is 2.33. The fraction of sp³-hybridized carbons (Fsp3) is 0.278. The highest BCUT2D eigenvalue weighted by atomic mass is 32.2. The van der Waals surface area contributed by atoms with Crippen molar-refractivity contribution in [3.05, 3.63) is 60.2 Å². The molecule has 0 aliphatic heterocycles. The number of carbonyl (C=O) groups is 1. The van der Waals surface area contributed by atoms with Crippen molar-refractivity contribution in [3.8, 4) is 0 Å². The van der Waals surface area contributed by atoms with Crippen LogP contribution in [0, 0.1) is 0 Å². The number of alkyl halides is 2. The second kappa shape index (κ2) is 8.75. The quantitative estimate of drug-likeness (QED) is 0.713. The van der Waals surface area contributed by atoms with E-state index in [1.165, 1.54) is 12.1 Å². The predicted octanol–water partition coefficient (Wildman–Crippen LogP) is 2.94. The average molecular weight is 382 g/mol. The van der Waals surface area contributed by atoms with Gasteiger partial charge in [-0.05, 0) is 42.8 Å². The molecule has 0 heterocycles. The maximum Gasteiger partial charge on any atom is 0.341 e. The molecule has 0 radical (unpaired) electrons. The summed E-state index contributed by atoms with van der Waals surface area (Å²) in [6.07, 6.45) is 0.717. The third-order valence-electron chi connectivity index (χ3n) is 3.83. The van der Waals surface area contributed by atoms with Crippen LogP contribution in [0.15, 0.2) is 59.5 Å². The average Bonchev–Trinajstić information content (AvgIpc) is 2.65. The molecule has 0 saturated carbocycles. The van der Waals surface area contributed by atoms with E-state index in [0.29, 0.717) is 6.54 Å². The molecule has 140 valence electrons. The lowest BCUT2D eigenvalue weighted by molar-refractivity contribution is 0.0953. The molecule has 2 aromatic carbocycles. The molecule has 2 rings (SSSR count). The Bertz CT molecular complexity index is 825. The van der Waals surface area contributed by atoms with E-state index >= 15 is 0 Å². The minimum absolute atomic E-state index is 0.217. The topological polar surface area (TPSA) is 66.5 Å². The summed E-state index contributed by atoms with van der Waals surface area (Å²) in [6, 6.07) is 14.3. The van der Waals surface area contributed by atoms with E-state index in [2.05, 4.69) is 10.2 Å². The summed E-state index contributed by atoms with van der Waals surface area (Å²) in [5.41, 5.74) is 1.30. The van der Waals surface area contributed by atoms with Gasteiger partial charge in [-0.2, -0.15) is 8.78 Å². The molecule has 0 spiro atoms. The number of benzene rings is 2. The van der Waals surface area contributed by atoms with Gasteiger partial charge in [-0.15, -0.1) is 0 Å². The second-order valence-corrected chi connectivity index (χ2v) is 7.61. The lowest BCUT2D eigenvalue weighted by atomic mass is 10.2. The molecule has 8 heteroatoms. The Hall–Kier alpha value is -2.48. The van der Waals surface area contributed by atoms with E-state index in [1.807, 2.05) is 37.4 Å². The smallest absolute Gasteiger partial charge is 0.341 e. The Morgan fingerprint density at radius 3 is 2.27 bits per heavy atom. The van der Waals surface area contributed by atoms with Gasteiger partial charge in [0.1, 0.15) is 0 Å². The van der Waals surface area contributed by atoms with Gasteiger partial charge in [0.25, 0.3) is 5.91 Å². The lowest BCUT2D eigenvalue weighted by Crippen LogP contribution is -2.28. The van der Waals surface area contributed by atoms with E-state index in [1.54, 1.807) is 0 Å². The Morgan fingerprint density at radius 1 is 1.08 bits per heavy atom. The number of rotatable bonds is 8. The van der Waals surface area contributed by atoms with E-state index in [4.69, 9.17) is 0 Å². The number of nitrogens with zero attached hydrogens (tertiary/aromatic N) is 1. The normalized spacial score (nSPS) is 11.4. The van der Waals surface area contributed by atoms with E-state index < -0.39 is 20.5 Å². The fourth-order valence-corrected chi connectivity index (χ4v) is 3.05. The molecule has 1 N–H and O–H groups in total. The van der Waals surface area contributed by atoms with Crippen LogP contribution in [0.5, 0.6) is 0 Å². The molecule has 0 fully saturated rings. The number of para-hydroxylation sites is 1. The zero-order valence-corrected chi connectivity index (χ0v) is 15.0. The molecule has 0 atom stereocenters. The monoisotopic (exact) mass is 382 g/mol. The van der Waals surface area contributed by atoms with Crippen molar-refractivity contribution in [2.45, 2.75) is 17.1 Å². The van der Waals surface area contributed by atoms with Crippen LogP contribution in [0.1, 0.15) is 16.8 Å². The van der Waals surface area contributed by atoms with Crippen molar-refractivity contribution in [2.75, 3.05) is 25.0 Å². The molecule has 5 nitrogen and oxygen atoms in total. The molecule has 1 amide bonds. The number of hydrogen-bond donors (Lipinski definition) is 1. The molecule has 0 unspecified atom stereocenters. The van der Waals surface area contributed by atoms with Gasteiger partial charge in [0.15, 0.2) is 0 Å². The third kappa shape index (κ3) is 5.01. The van der Waals surface area contributed by atoms with E-state index in [0.717, 1.165) is 30.8 Å². The van der Waals surface area contributed by atoms with Crippen LogP contribution >= 0.6 is 0 Å². The van der Waals surface area contributed by atoms with Gasteiger partial charge in [0.05, 0.1) is 4.90 Å². The molecular weight excluding hydrogens is 362 g/mol. The zero-order valence-electron chi connectivity index (χ0n) is 14.2. The Balaban J connectivity index is 1.83. The van der Waals surface area contributed by atoms with Crippen LogP contribution in [0.25, 0.3) is 0 Å². The van der Waals surface area contributed by atoms with Gasteiger partial charge in [0, 0.05) is 31.4 Å². The largest absolute Gasteiger partial charge is 0.375 e. The van der Waals surface area contributed by atoms with Crippen molar-refractivity contribution in [1.29, 1.82) is 0 Å². The molecule has 2 aromatic rings. The molecule has 0 saturated heterocycles. The number of hydrogen-bond acceptors (Lipinski definition) is 4. The van der Waals surface area contributed by atoms with Crippen molar-refractivity contribution in [2.24, 2.45) is 0 Å². The summed E-state index contributed by atoms with van der Waals surface area (Å²) >= 11 is 0. The molecule has 0 aromatic heterocycles. The van der Waals surface area contributed by atoms with E-state index in [-0.39, 0.29) is 11.5 Å². The Kier molecular flexibility index (Phi) is 6.68. The first-order valence-corrected chi connectivity index (χ1v) is 9.53. The van der Waals surface area contributed by atoms with E-state index in [9.17, 15) is 22.0 Å². The van der Waals surface area contributed by atoms with Crippen molar-refractivity contribution < 1.29 is 22.0 Å². The van der Waals surface area contributed by atoms with Gasteiger partial charge in [-0.1, -0.05) is 18.2 Å². The van der Waals surface area contributed by atoms with Crippen molar-refractivity contribution in [1.82, 2.24) is 5.32 Å². The van der Waals surface area contributed by atoms with Crippen LogP contribution in [0.2, 0.25) is 0 Å². The maximum absolute atomic E-state index is 12.5. The lowest BCUT2D eigenvalue weighted by Gasteiger charge is -2.19. The number of anilines is 1. The first kappa shape index (κ1) is 19.8. The van der Waals surface area contributed by atoms with Crippen LogP contribution in [-0.2, 0) is 9.84 Å². The number of nitrogens with one attached hydrogen (secondary N) is 1. The summed E-state index contributed by atoms with van der Waals surface area (Å²) in [4.78, 5) is 13.6. The van der Waals surface area contributed by atoms with Gasteiger partial charge >= 0.3 is 5.76 Å². The first-order chi connectivity index (χ1) is 12.3. The minimum Gasteiger partial charge on any atom is -0.375 e. The van der Waals surface area contributed by atoms with Gasteiger partial charge in [0.2, 0.25) is 9.84 Å². The van der Waals surface area contributed by atoms with Gasteiger partial charge in [-0.3, -0.25) is 4.79 Å². The molecule has 0 aliphatic carbocycles. The zero-order chi connectivity index (χ0) is 19.2. The summed E-state index contributed by atoms with van der Waals surface area (Å²) in [5, 5.41) is 2.72. The standard InChI is InChI=1S/C18H20F2N2O3S/c1-22(15-6-3-2-4-7-15)13-5-12-21-17(23)14-8-10-16(11-9-14)26(24,25)18(19)20/h2-4,6-11,18H,5,12-13H2,1H3,(H,21,23). The molecule has 26 heavy (non-hydrogen) atoms. The Labute approximate surface area is 151 Å². The van der Waals surface area contributed by atoms with Gasteiger partial charge < -0.3 is 10.2 Å². The van der Waals surface area contributed by atoms with Crippen LogP contribution < -0.4 is 10.2 Å². The second-order valence-electron chi connectivity index (χ2n) is 5.70. The molecular formula is C18H20F2N2O3S. The third-order valence-corrected chi connectivity index (χ3v) is 5.23. The highest BCUT2D eigenvalue weighted by Crippen LogP contribution is 2.18. The SMILES string of the molecule is CN(CCCNC(=O)c1ccc(S(=O)(=O)C(F)F)cc1)c1ccccc1. The summed E-state index contributed by atoms with van der Waals surface area (Å²) in [5.74, 6) is -3.86. The summed E-state index contributed by atoms with van der Waals surface area (Å²) in [6.45, 7) is 1.18. The van der Waals surface area contributed by atoms with Gasteiger partial charge in [-0.25, -0.2) is 8.42 Å². The summed E-state index contributed by atoms with van der Waals surface area (Å²) in [7, 11) is -2.69. The highest BCUT2D eigenvalue weighted by Gasteiger charge is 2.26. The number of sulfone groups is 1. The van der Waals surface area contributed by atoms with Crippen LogP contribution in [-0.4, -0.2) is 40.2 Å². The maximum atomic E-state index is 12.5. The number of halogens is 2. The van der Waals surface area contributed by atoms with Crippen LogP contribution in [0.3, 0.4) is 0 Å². The van der Waals surface area contributed by atoms with Crippen molar-refractivity contribution >= 4 is 21.4 Å². The van der Waals surface area contributed by atoms with Crippen molar-refractivity contribution in [3.63, 3.8) is 0 Å². The number of amides is 1.